The molecule has 1 N–H and O–H groups in total. The molecule has 0 fully saturated rings. The number of aromatic nitrogens is 3. The summed E-state index contributed by atoms with van der Waals surface area (Å²) in [7, 11) is 0. The molecule has 0 aliphatic heterocycles. The Morgan fingerprint density at radius 1 is 1.29 bits per heavy atom. The first-order chi connectivity index (χ1) is 11.5. The van der Waals surface area contributed by atoms with Gasteiger partial charge in [-0.25, -0.2) is 4.68 Å². The fourth-order valence-corrected chi connectivity index (χ4v) is 2.51. The number of amides is 1. The zero-order valence-electron chi connectivity index (χ0n) is 12.8. The minimum absolute atomic E-state index is 0.277. The number of anilines is 1. The van der Waals surface area contributed by atoms with Gasteiger partial charge in [-0.05, 0) is 42.8 Å². The number of nitrogens with zero attached hydrogens (tertiary/aromatic N) is 3. The molecule has 1 radical (unpaired) electrons. The Morgan fingerprint density at radius 2 is 2.12 bits per heavy atom. The van der Waals surface area contributed by atoms with Crippen molar-refractivity contribution < 1.29 is 4.79 Å². The van der Waals surface area contributed by atoms with E-state index in [1.807, 2.05) is 6.07 Å². The summed E-state index contributed by atoms with van der Waals surface area (Å²) in [5, 5.41) is 11.8. The second kappa shape index (κ2) is 7.03. The molecule has 0 bridgehead atoms. The first kappa shape index (κ1) is 16.5. The van der Waals surface area contributed by atoms with Gasteiger partial charge in [0.05, 0.1) is 22.3 Å². The van der Waals surface area contributed by atoms with Gasteiger partial charge in [0, 0.05) is 5.69 Å². The Balaban J connectivity index is 1.78. The highest BCUT2D eigenvalue weighted by Crippen LogP contribution is 2.23. The van der Waals surface area contributed by atoms with E-state index in [0.717, 1.165) is 5.56 Å². The van der Waals surface area contributed by atoms with Crippen molar-refractivity contribution in [3.63, 3.8) is 0 Å². The zero-order chi connectivity index (χ0) is 17.1. The van der Waals surface area contributed by atoms with E-state index in [1.165, 1.54) is 0 Å². The van der Waals surface area contributed by atoms with Crippen LogP contribution in [0.5, 0.6) is 0 Å². The minimum Gasteiger partial charge on any atom is -0.321 e. The maximum Gasteiger partial charge on any atom is 0.278 e. The Bertz CT molecular complexity index is 878. The Morgan fingerprint density at radius 3 is 2.83 bits per heavy atom. The lowest BCUT2D eigenvalue weighted by atomic mass is 10.2. The number of hydrogen-bond donors (Lipinski definition) is 1. The predicted molar refractivity (Wildman–Crippen MR) is 93.6 cm³/mol. The fourth-order valence-electron chi connectivity index (χ4n) is 2.19. The first-order valence-corrected chi connectivity index (χ1v) is 7.91. The van der Waals surface area contributed by atoms with Crippen molar-refractivity contribution in [1.29, 1.82) is 0 Å². The molecule has 2 aromatic carbocycles. The summed E-state index contributed by atoms with van der Waals surface area (Å²) >= 11 is 11.9. The van der Waals surface area contributed by atoms with Crippen LogP contribution in [0.3, 0.4) is 0 Å². The van der Waals surface area contributed by atoms with Crippen molar-refractivity contribution in [2.45, 2.75) is 13.5 Å². The highest BCUT2D eigenvalue weighted by molar-refractivity contribution is 6.42. The fraction of sp³-hybridized carbons (Fsp3) is 0.118. The second-order valence-electron chi connectivity index (χ2n) is 5.18. The molecule has 24 heavy (non-hydrogen) atoms. The maximum atomic E-state index is 12.3. The predicted octanol–water partition coefficient (Wildman–Crippen LogP) is 3.99. The van der Waals surface area contributed by atoms with Gasteiger partial charge in [0.25, 0.3) is 5.91 Å². The molecule has 0 aliphatic carbocycles. The Hall–Kier alpha value is -2.37. The Kier molecular flexibility index (Phi) is 4.83. The van der Waals surface area contributed by atoms with Gasteiger partial charge in [-0.1, -0.05) is 46.6 Å². The summed E-state index contributed by atoms with van der Waals surface area (Å²) in [6.07, 6.45) is 0. The molecule has 0 unspecified atom stereocenters. The van der Waals surface area contributed by atoms with Crippen molar-refractivity contribution in [2.75, 3.05) is 5.32 Å². The lowest BCUT2D eigenvalue weighted by Crippen LogP contribution is -2.14. The summed E-state index contributed by atoms with van der Waals surface area (Å²) < 4.78 is 1.64. The van der Waals surface area contributed by atoms with Gasteiger partial charge in [-0.3, -0.25) is 4.79 Å². The van der Waals surface area contributed by atoms with Crippen molar-refractivity contribution in [3.05, 3.63) is 75.5 Å². The van der Waals surface area contributed by atoms with Crippen molar-refractivity contribution in [3.8, 4) is 0 Å². The molecular formula is C17H13Cl2N4O. The van der Waals surface area contributed by atoms with Gasteiger partial charge in [-0.2, -0.15) is 0 Å². The van der Waals surface area contributed by atoms with Gasteiger partial charge in [0.15, 0.2) is 5.69 Å². The SMILES string of the molecule is Cc1c(C(=O)Nc2c[c]ccc2)nnn1Cc1ccc(Cl)c(Cl)c1. The number of carbonyl (C=O) groups is 1. The van der Waals surface area contributed by atoms with E-state index in [-0.39, 0.29) is 11.6 Å². The molecule has 0 atom stereocenters. The number of rotatable bonds is 4. The first-order valence-electron chi connectivity index (χ1n) is 7.16. The number of nitrogens with one attached hydrogen (secondary N) is 1. The normalized spacial score (nSPS) is 10.6. The highest BCUT2D eigenvalue weighted by atomic mass is 35.5. The summed E-state index contributed by atoms with van der Waals surface area (Å²) in [5.74, 6) is -0.313. The van der Waals surface area contributed by atoms with E-state index in [9.17, 15) is 4.79 Å². The van der Waals surface area contributed by atoms with Gasteiger partial charge in [-0.15, -0.1) is 5.10 Å². The molecule has 5 nitrogen and oxygen atoms in total. The number of halogens is 2. The molecule has 1 aromatic heterocycles. The quantitative estimate of drug-likeness (QED) is 0.765. The molecule has 0 saturated carbocycles. The molecule has 3 rings (SSSR count). The van der Waals surface area contributed by atoms with Gasteiger partial charge in [0.2, 0.25) is 0 Å². The topological polar surface area (TPSA) is 59.8 Å². The molecular weight excluding hydrogens is 347 g/mol. The van der Waals surface area contributed by atoms with Crippen LogP contribution in [0.15, 0.2) is 42.5 Å². The molecule has 0 saturated heterocycles. The van der Waals surface area contributed by atoms with E-state index in [1.54, 1.807) is 48.0 Å². The van der Waals surface area contributed by atoms with Crippen LogP contribution in [0, 0.1) is 13.0 Å². The van der Waals surface area contributed by atoms with Crippen LogP contribution >= 0.6 is 23.2 Å². The van der Waals surface area contributed by atoms with Crippen molar-refractivity contribution in [1.82, 2.24) is 15.0 Å². The summed E-state index contributed by atoms with van der Waals surface area (Å²) in [5.41, 5.74) is 2.51. The van der Waals surface area contributed by atoms with Crippen LogP contribution in [0.2, 0.25) is 10.0 Å². The van der Waals surface area contributed by atoms with Crippen LogP contribution in [0.1, 0.15) is 21.7 Å². The summed E-state index contributed by atoms with van der Waals surface area (Å²) in [6.45, 7) is 2.24. The molecule has 3 aromatic rings. The molecule has 0 aliphatic rings. The van der Waals surface area contributed by atoms with E-state index in [2.05, 4.69) is 21.7 Å². The van der Waals surface area contributed by atoms with E-state index in [4.69, 9.17) is 23.2 Å². The molecule has 1 amide bonds. The standard InChI is InChI=1S/C17H13Cl2N4O/c1-11-16(17(24)20-13-5-3-2-4-6-13)21-22-23(11)10-12-7-8-14(18)15(19)9-12/h2-3,5-9H,10H2,1H3,(H,20,24). The van der Waals surface area contributed by atoms with E-state index >= 15 is 0 Å². The van der Waals surface area contributed by atoms with Gasteiger partial charge < -0.3 is 5.32 Å². The third-order valence-corrected chi connectivity index (χ3v) is 4.22. The largest absolute Gasteiger partial charge is 0.321 e. The highest BCUT2D eigenvalue weighted by Gasteiger charge is 2.17. The third-order valence-electron chi connectivity index (χ3n) is 3.48. The second-order valence-corrected chi connectivity index (χ2v) is 5.99. The van der Waals surface area contributed by atoms with Crippen LogP contribution in [-0.4, -0.2) is 20.9 Å². The molecule has 7 heteroatoms. The van der Waals surface area contributed by atoms with Crippen LogP contribution in [0.4, 0.5) is 5.69 Å². The monoisotopic (exact) mass is 359 g/mol. The molecule has 0 spiro atoms. The van der Waals surface area contributed by atoms with E-state index in [0.29, 0.717) is 28.0 Å². The van der Waals surface area contributed by atoms with Gasteiger partial charge in [0.1, 0.15) is 0 Å². The smallest absolute Gasteiger partial charge is 0.278 e. The lowest BCUT2D eigenvalue weighted by Gasteiger charge is -2.06. The zero-order valence-corrected chi connectivity index (χ0v) is 14.3. The van der Waals surface area contributed by atoms with Crippen LogP contribution in [0.25, 0.3) is 0 Å². The third kappa shape index (κ3) is 3.58. The molecule has 121 valence electrons. The van der Waals surface area contributed by atoms with Crippen molar-refractivity contribution in [2.24, 2.45) is 0 Å². The maximum absolute atomic E-state index is 12.3. The van der Waals surface area contributed by atoms with Crippen LogP contribution in [-0.2, 0) is 6.54 Å². The lowest BCUT2D eigenvalue weighted by molar-refractivity contribution is 0.102. The average Bonchev–Trinajstić information content (AvgIpc) is 2.93. The number of hydrogen-bond acceptors (Lipinski definition) is 3. The van der Waals surface area contributed by atoms with Gasteiger partial charge >= 0.3 is 0 Å². The number of carbonyl (C=O) groups excluding carboxylic acids is 1. The number of benzene rings is 2. The average molecular weight is 360 g/mol. The summed E-state index contributed by atoms with van der Waals surface area (Å²) in [4.78, 5) is 12.3. The summed E-state index contributed by atoms with van der Waals surface area (Å²) in [6, 6.07) is 15.3. The Labute approximate surface area is 149 Å². The minimum atomic E-state index is -0.313. The molecule has 1 heterocycles. The van der Waals surface area contributed by atoms with E-state index < -0.39 is 0 Å². The van der Waals surface area contributed by atoms with Crippen molar-refractivity contribution >= 4 is 34.8 Å². The van der Waals surface area contributed by atoms with Crippen LogP contribution < -0.4 is 5.32 Å².